The van der Waals surface area contributed by atoms with E-state index in [9.17, 15) is 8.42 Å². The van der Waals surface area contributed by atoms with Crippen LogP contribution in [0.5, 0.6) is 0 Å². The highest BCUT2D eigenvalue weighted by Gasteiger charge is 2.23. The second-order valence-corrected chi connectivity index (χ2v) is 7.99. The van der Waals surface area contributed by atoms with Gasteiger partial charge in [-0.15, -0.1) is 11.3 Å². The van der Waals surface area contributed by atoms with Gasteiger partial charge in [0.05, 0.1) is 4.88 Å². The number of aryl methyl sites for hydroxylation is 2. The van der Waals surface area contributed by atoms with Crippen LogP contribution in [-0.2, 0) is 23.6 Å². The minimum atomic E-state index is -3.63. The Kier molecular flexibility index (Phi) is 4.34. The normalized spacial score (nSPS) is 11.7. The number of rotatable bonds is 5. The molecule has 0 aliphatic heterocycles. The molecule has 23 heavy (non-hydrogen) atoms. The Balaban J connectivity index is 1.87. The van der Waals surface area contributed by atoms with E-state index in [-0.39, 0.29) is 11.4 Å². The summed E-state index contributed by atoms with van der Waals surface area (Å²) in [5.74, 6) is 0. The SMILES string of the molecule is Cc1ccc(CNS(=O)(=O)c2cn(C)nc2-c2cccs2)cc1. The summed E-state index contributed by atoms with van der Waals surface area (Å²) >= 11 is 1.47. The Morgan fingerprint density at radius 2 is 1.96 bits per heavy atom. The molecule has 2 aromatic heterocycles. The lowest BCUT2D eigenvalue weighted by Crippen LogP contribution is -2.23. The molecule has 0 saturated heterocycles. The van der Waals surface area contributed by atoms with Gasteiger partial charge in [-0.3, -0.25) is 4.68 Å². The number of sulfonamides is 1. The van der Waals surface area contributed by atoms with Crippen molar-refractivity contribution in [2.24, 2.45) is 7.05 Å². The number of hydrogen-bond donors (Lipinski definition) is 1. The van der Waals surface area contributed by atoms with E-state index in [1.54, 1.807) is 7.05 Å². The number of nitrogens with zero attached hydrogens (tertiary/aromatic N) is 2. The molecule has 0 amide bonds. The number of thiophene rings is 1. The summed E-state index contributed by atoms with van der Waals surface area (Å²) in [5.41, 5.74) is 2.54. The van der Waals surface area contributed by atoms with Crippen LogP contribution in [0.2, 0.25) is 0 Å². The second kappa shape index (κ2) is 6.27. The molecule has 0 spiro atoms. The van der Waals surface area contributed by atoms with E-state index in [2.05, 4.69) is 9.82 Å². The molecule has 1 aromatic carbocycles. The molecule has 120 valence electrons. The van der Waals surface area contributed by atoms with Gasteiger partial charge < -0.3 is 0 Å². The first-order valence-electron chi connectivity index (χ1n) is 7.08. The first kappa shape index (κ1) is 15.9. The fraction of sp³-hybridized carbons (Fsp3) is 0.188. The van der Waals surface area contributed by atoms with Crippen LogP contribution in [0.25, 0.3) is 10.6 Å². The highest BCUT2D eigenvalue weighted by atomic mass is 32.2. The van der Waals surface area contributed by atoms with Gasteiger partial charge in [-0.25, -0.2) is 13.1 Å². The maximum absolute atomic E-state index is 12.6. The topological polar surface area (TPSA) is 64.0 Å². The van der Waals surface area contributed by atoms with Gasteiger partial charge in [0.25, 0.3) is 0 Å². The van der Waals surface area contributed by atoms with Gasteiger partial charge in [-0.05, 0) is 23.9 Å². The molecule has 0 unspecified atom stereocenters. The maximum Gasteiger partial charge on any atom is 0.244 e. The van der Waals surface area contributed by atoms with E-state index in [1.807, 2.05) is 48.7 Å². The third-order valence-electron chi connectivity index (χ3n) is 3.43. The summed E-state index contributed by atoms with van der Waals surface area (Å²) in [6.45, 7) is 2.25. The molecule has 0 radical (unpaired) electrons. The lowest BCUT2D eigenvalue weighted by atomic mass is 10.2. The van der Waals surface area contributed by atoms with Crippen molar-refractivity contribution in [3.05, 3.63) is 59.1 Å². The largest absolute Gasteiger partial charge is 0.274 e. The van der Waals surface area contributed by atoms with Gasteiger partial charge in [0.15, 0.2) is 0 Å². The van der Waals surface area contributed by atoms with Gasteiger partial charge in [0, 0.05) is 19.8 Å². The molecular weight excluding hydrogens is 330 g/mol. The lowest BCUT2D eigenvalue weighted by Gasteiger charge is -2.06. The van der Waals surface area contributed by atoms with Crippen LogP contribution in [0.1, 0.15) is 11.1 Å². The quantitative estimate of drug-likeness (QED) is 0.772. The first-order chi connectivity index (χ1) is 11.0. The maximum atomic E-state index is 12.6. The zero-order valence-electron chi connectivity index (χ0n) is 12.9. The molecule has 3 rings (SSSR count). The van der Waals surface area contributed by atoms with Crippen molar-refractivity contribution in [2.75, 3.05) is 0 Å². The van der Waals surface area contributed by atoms with E-state index in [0.717, 1.165) is 16.0 Å². The van der Waals surface area contributed by atoms with Crippen molar-refractivity contribution in [3.8, 4) is 10.6 Å². The minimum absolute atomic E-state index is 0.203. The highest BCUT2D eigenvalue weighted by molar-refractivity contribution is 7.89. The van der Waals surface area contributed by atoms with E-state index >= 15 is 0 Å². The van der Waals surface area contributed by atoms with Crippen molar-refractivity contribution >= 4 is 21.4 Å². The monoisotopic (exact) mass is 347 g/mol. The number of benzene rings is 1. The molecule has 3 aromatic rings. The second-order valence-electron chi connectivity index (χ2n) is 5.30. The van der Waals surface area contributed by atoms with Gasteiger partial charge in [0.1, 0.15) is 10.6 Å². The summed E-state index contributed by atoms with van der Waals surface area (Å²) in [6, 6.07) is 11.5. The zero-order chi connectivity index (χ0) is 16.4. The number of aromatic nitrogens is 2. The average molecular weight is 347 g/mol. The summed E-state index contributed by atoms with van der Waals surface area (Å²) in [4.78, 5) is 1.04. The Morgan fingerprint density at radius 1 is 1.22 bits per heavy atom. The third-order valence-corrected chi connectivity index (χ3v) is 5.70. The summed E-state index contributed by atoms with van der Waals surface area (Å²) in [7, 11) is -1.91. The van der Waals surface area contributed by atoms with Gasteiger partial charge >= 0.3 is 0 Å². The van der Waals surface area contributed by atoms with Crippen LogP contribution >= 0.6 is 11.3 Å². The summed E-state index contributed by atoms with van der Waals surface area (Å²) in [5, 5.41) is 6.20. The van der Waals surface area contributed by atoms with Crippen molar-refractivity contribution in [1.82, 2.24) is 14.5 Å². The number of hydrogen-bond acceptors (Lipinski definition) is 4. The predicted octanol–water partition coefficient (Wildman–Crippen LogP) is 2.94. The molecular formula is C16H17N3O2S2. The van der Waals surface area contributed by atoms with E-state index < -0.39 is 10.0 Å². The molecule has 0 fully saturated rings. The Bertz CT molecular complexity index is 895. The van der Waals surface area contributed by atoms with Gasteiger partial charge in [-0.2, -0.15) is 5.10 Å². The first-order valence-corrected chi connectivity index (χ1v) is 9.45. The number of nitrogens with one attached hydrogen (secondary N) is 1. The van der Waals surface area contributed by atoms with Crippen molar-refractivity contribution in [2.45, 2.75) is 18.4 Å². The molecule has 0 aliphatic rings. The average Bonchev–Trinajstić information content (AvgIpc) is 3.16. The Labute approximate surface area is 139 Å². The van der Waals surface area contributed by atoms with Crippen LogP contribution < -0.4 is 4.72 Å². The van der Waals surface area contributed by atoms with Gasteiger partial charge in [0.2, 0.25) is 10.0 Å². The van der Waals surface area contributed by atoms with E-state index in [4.69, 9.17) is 0 Å². The fourth-order valence-electron chi connectivity index (χ4n) is 2.21. The van der Waals surface area contributed by atoms with Crippen LogP contribution in [0.4, 0.5) is 0 Å². The molecule has 5 nitrogen and oxygen atoms in total. The molecule has 1 N–H and O–H groups in total. The molecule has 2 heterocycles. The molecule has 0 bridgehead atoms. The van der Waals surface area contributed by atoms with Gasteiger partial charge in [-0.1, -0.05) is 35.9 Å². The standard InChI is InChI=1S/C16H17N3O2S2/c1-12-5-7-13(8-6-12)10-17-23(20,21)15-11-19(2)18-16(15)14-4-3-9-22-14/h3-9,11,17H,10H2,1-2H3. The fourth-order valence-corrected chi connectivity index (χ4v) is 4.21. The summed E-state index contributed by atoms with van der Waals surface area (Å²) in [6.07, 6.45) is 1.53. The lowest BCUT2D eigenvalue weighted by molar-refractivity contribution is 0.581. The Hall–Kier alpha value is -1.96. The van der Waals surface area contributed by atoms with Crippen LogP contribution in [0, 0.1) is 6.92 Å². The third kappa shape index (κ3) is 3.52. The van der Waals surface area contributed by atoms with Crippen molar-refractivity contribution in [1.29, 1.82) is 0 Å². The van der Waals surface area contributed by atoms with Crippen molar-refractivity contribution in [3.63, 3.8) is 0 Å². The van der Waals surface area contributed by atoms with Crippen LogP contribution in [0.3, 0.4) is 0 Å². The van der Waals surface area contributed by atoms with E-state index in [1.165, 1.54) is 22.2 Å². The summed E-state index contributed by atoms with van der Waals surface area (Å²) < 4.78 is 29.5. The zero-order valence-corrected chi connectivity index (χ0v) is 14.5. The molecule has 0 aliphatic carbocycles. The predicted molar refractivity (Wildman–Crippen MR) is 91.7 cm³/mol. The van der Waals surface area contributed by atoms with Crippen LogP contribution in [0.15, 0.2) is 52.9 Å². The molecule has 0 saturated carbocycles. The molecule has 7 heteroatoms. The van der Waals surface area contributed by atoms with Crippen molar-refractivity contribution < 1.29 is 8.42 Å². The molecule has 0 atom stereocenters. The smallest absolute Gasteiger partial charge is 0.244 e. The van der Waals surface area contributed by atoms with Crippen LogP contribution in [-0.4, -0.2) is 18.2 Å². The Morgan fingerprint density at radius 3 is 2.61 bits per heavy atom. The highest BCUT2D eigenvalue weighted by Crippen LogP contribution is 2.29. The minimum Gasteiger partial charge on any atom is -0.274 e. The van der Waals surface area contributed by atoms with E-state index in [0.29, 0.717) is 5.69 Å².